The first-order chi connectivity index (χ1) is 16.2. The number of pyridine rings is 1. The standard InChI is InChI=1S/C23H16F3N5O3/c1-13-19(14-6-8-16(33-2)9-7-14)21-28-27-20-18(31(21)29-13)10-11-30(22(20)32)15-4-3-5-17(12-15)34-23(24,25)26/h3-12H,1-2H3. The van der Waals surface area contributed by atoms with E-state index in [4.69, 9.17) is 4.74 Å². The number of fused-ring (bicyclic) bond motifs is 3. The van der Waals surface area contributed by atoms with Gasteiger partial charge in [0, 0.05) is 12.3 Å². The topological polar surface area (TPSA) is 83.5 Å². The van der Waals surface area contributed by atoms with Crippen LogP contribution in [0.4, 0.5) is 13.2 Å². The van der Waals surface area contributed by atoms with E-state index in [1.807, 2.05) is 31.2 Å². The number of nitrogens with zero attached hydrogens (tertiary/aromatic N) is 5. The number of alkyl halides is 3. The summed E-state index contributed by atoms with van der Waals surface area (Å²) in [5, 5.41) is 12.9. The van der Waals surface area contributed by atoms with Crippen molar-refractivity contribution in [2.24, 2.45) is 0 Å². The van der Waals surface area contributed by atoms with Crippen LogP contribution in [0.15, 0.2) is 65.6 Å². The maximum absolute atomic E-state index is 13.1. The molecule has 0 unspecified atom stereocenters. The van der Waals surface area contributed by atoms with E-state index in [2.05, 4.69) is 20.0 Å². The average Bonchev–Trinajstić information content (AvgIpc) is 3.14. The van der Waals surface area contributed by atoms with Crippen LogP contribution in [0.1, 0.15) is 5.69 Å². The van der Waals surface area contributed by atoms with E-state index in [1.165, 1.54) is 27.4 Å². The van der Waals surface area contributed by atoms with Crippen molar-refractivity contribution in [1.29, 1.82) is 0 Å². The van der Waals surface area contributed by atoms with Crippen molar-refractivity contribution >= 4 is 16.7 Å². The molecule has 0 amide bonds. The number of rotatable bonds is 4. The number of methoxy groups -OCH3 is 1. The van der Waals surface area contributed by atoms with Gasteiger partial charge >= 0.3 is 6.36 Å². The Hall–Kier alpha value is -4.41. The first kappa shape index (κ1) is 21.4. The van der Waals surface area contributed by atoms with Gasteiger partial charge in [-0.05, 0) is 42.8 Å². The number of hydrogen-bond donors (Lipinski definition) is 0. The van der Waals surface area contributed by atoms with Gasteiger partial charge in [0.1, 0.15) is 17.0 Å². The first-order valence-corrected chi connectivity index (χ1v) is 10.0. The van der Waals surface area contributed by atoms with Gasteiger partial charge in [-0.15, -0.1) is 23.4 Å². The molecule has 34 heavy (non-hydrogen) atoms. The Labute approximate surface area is 189 Å². The van der Waals surface area contributed by atoms with Crippen molar-refractivity contribution in [3.63, 3.8) is 0 Å². The highest BCUT2D eigenvalue weighted by Crippen LogP contribution is 2.30. The van der Waals surface area contributed by atoms with Gasteiger partial charge in [0.05, 0.1) is 24.1 Å². The predicted molar refractivity (Wildman–Crippen MR) is 117 cm³/mol. The second-order valence-corrected chi connectivity index (χ2v) is 7.39. The SMILES string of the molecule is COc1ccc(-c2c(C)nn3c2nnc2c(=O)n(-c4cccc(OC(F)(F)F)c4)ccc23)cc1. The Bertz CT molecular complexity index is 1590. The van der Waals surface area contributed by atoms with Crippen LogP contribution in [0, 0.1) is 6.92 Å². The number of ether oxygens (including phenoxy) is 2. The lowest BCUT2D eigenvalue weighted by molar-refractivity contribution is -0.274. The molecule has 0 N–H and O–H groups in total. The monoisotopic (exact) mass is 467 g/mol. The van der Waals surface area contributed by atoms with Crippen molar-refractivity contribution in [3.05, 3.63) is 76.8 Å². The summed E-state index contributed by atoms with van der Waals surface area (Å²) in [6.45, 7) is 1.83. The molecule has 0 aliphatic heterocycles. The van der Waals surface area contributed by atoms with Crippen LogP contribution < -0.4 is 15.0 Å². The Balaban J connectivity index is 1.64. The van der Waals surface area contributed by atoms with E-state index in [-0.39, 0.29) is 11.2 Å². The summed E-state index contributed by atoms with van der Waals surface area (Å²) in [7, 11) is 1.58. The molecule has 8 nitrogen and oxygen atoms in total. The fourth-order valence-corrected chi connectivity index (χ4v) is 3.78. The van der Waals surface area contributed by atoms with Crippen molar-refractivity contribution in [2.75, 3.05) is 7.11 Å². The maximum Gasteiger partial charge on any atom is 0.573 e. The quantitative estimate of drug-likeness (QED) is 0.392. The Morgan fingerprint density at radius 2 is 1.74 bits per heavy atom. The van der Waals surface area contributed by atoms with Crippen LogP contribution >= 0.6 is 0 Å². The minimum absolute atomic E-state index is 0.0147. The van der Waals surface area contributed by atoms with Crippen LogP contribution in [0.5, 0.6) is 11.5 Å². The van der Waals surface area contributed by atoms with Crippen molar-refractivity contribution in [3.8, 4) is 28.3 Å². The Morgan fingerprint density at radius 3 is 2.44 bits per heavy atom. The third kappa shape index (κ3) is 3.70. The molecule has 11 heteroatoms. The molecule has 0 fully saturated rings. The highest BCUT2D eigenvalue weighted by Gasteiger charge is 2.31. The highest BCUT2D eigenvalue weighted by molar-refractivity contribution is 5.84. The smallest absolute Gasteiger partial charge is 0.497 e. The number of aryl methyl sites for hydroxylation is 1. The number of benzene rings is 2. The highest BCUT2D eigenvalue weighted by atomic mass is 19.4. The van der Waals surface area contributed by atoms with Crippen LogP contribution in [-0.2, 0) is 0 Å². The number of halogens is 3. The van der Waals surface area contributed by atoms with E-state index in [0.717, 1.165) is 23.3 Å². The van der Waals surface area contributed by atoms with Gasteiger partial charge in [0.2, 0.25) is 0 Å². The van der Waals surface area contributed by atoms with Crippen LogP contribution in [-0.4, -0.2) is 37.9 Å². The minimum Gasteiger partial charge on any atom is -0.497 e. The lowest BCUT2D eigenvalue weighted by Crippen LogP contribution is -2.21. The van der Waals surface area contributed by atoms with Crippen molar-refractivity contribution in [1.82, 2.24) is 24.4 Å². The molecule has 0 bridgehead atoms. The summed E-state index contributed by atoms with van der Waals surface area (Å²) in [5.74, 6) is 0.269. The summed E-state index contributed by atoms with van der Waals surface area (Å²) in [6.07, 6.45) is -3.40. The zero-order valence-electron chi connectivity index (χ0n) is 17.9. The normalized spacial score (nSPS) is 11.8. The molecule has 5 aromatic rings. The lowest BCUT2D eigenvalue weighted by Gasteiger charge is -2.11. The molecule has 172 valence electrons. The summed E-state index contributed by atoms with van der Waals surface area (Å²) in [5.41, 5.74) is 2.83. The van der Waals surface area contributed by atoms with E-state index in [9.17, 15) is 18.0 Å². The van der Waals surface area contributed by atoms with Crippen LogP contribution in [0.25, 0.3) is 33.5 Å². The summed E-state index contributed by atoms with van der Waals surface area (Å²) in [6, 6.07) is 14.1. The molecule has 0 aliphatic rings. The third-order valence-electron chi connectivity index (χ3n) is 5.26. The molecule has 0 atom stereocenters. The van der Waals surface area contributed by atoms with Gasteiger partial charge in [-0.3, -0.25) is 9.36 Å². The molecule has 0 aliphatic carbocycles. The van der Waals surface area contributed by atoms with Crippen LogP contribution in [0.3, 0.4) is 0 Å². The van der Waals surface area contributed by atoms with Gasteiger partial charge in [-0.25, -0.2) is 4.52 Å². The second kappa shape index (κ2) is 7.87. The average molecular weight is 467 g/mol. The molecule has 3 aromatic heterocycles. The maximum atomic E-state index is 13.1. The van der Waals surface area contributed by atoms with Gasteiger partial charge in [-0.2, -0.15) is 5.10 Å². The van der Waals surface area contributed by atoms with Gasteiger partial charge < -0.3 is 9.47 Å². The zero-order valence-corrected chi connectivity index (χ0v) is 17.9. The molecule has 0 spiro atoms. The molecule has 2 aromatic carbocycles. The Kier molecular flexibility index (Phi) is 4.96. The molecule has 3 heterocycles. The molecule has 0 saturated carbocycles. The van der Waals surface area contributed by atoms with Crippen molar-refractivity contribution in [2.45, 2.75) is 13.3 Å². The zero-order chi connectivity index (χ0) is 24.0. The molecule has 0 radical (unpaired) electrons. The fraction of sp³-hybridized carbons (Fsp3) is 0.130. The van der Waals surface area contributed by atoms with Crippen molar-refractivity contribution < 1.29 is 22.6 Å². The minimum atomic E-state index is -4.84. The lowest BCUT2D eigenvalue weighted by atomic mass is 10.1. The molecule has 0 saturated heterocycles. The fourth-order valence-electron chi connectivity index (χ4n) is 3.78. The van der Waals surface area contributed by atoms with E-state index < -0.39 is 17.7 Å². The Morgan fingerprint density at radius 1 is 0.971 bits per heavy atom. The second-order valence-electron chi connectivity index (χ2n) is 7.39. The van der Waals surface area contributed by atoms with Gasteiger partial charge in [-0.1, -0.05) is 18.2 Å². The van der Waals surface area contributed by atoms with Crippen LogP contribution in [0.2, 0.25) is 0 Å². The van der Waals surface area contributed by atoms with Gasteiger partial charge in [0.15, 0.2) is 11.2 Å². The van der Waals surface area contributed by atoms with E-state index >= 15 is 0 Å². The summed E-state index contributed by atoms with van der Waals surface area (Å²) >= 11 is 0. The third-order valence-corrected chi connectivity index (χ3v) is 5.26. The largest absolute Gasteiger partial charge is 0.573 e. The summed E-state index contributed by atoms with van der Waals surface area (Å²) < 4.78 is 49.6. The van der Waals surface area contributed by atoms with E-state index in [0.29, 0.717) is 22.6 Å². The molecular weight excluding hydrogens is 451 g/mol. The summed E-state index contributed by atoms with van der Waals surface area (Å²) in [4.78, 5) is 13.1. The number of aromatic nitrogens is 5. The molecular formula is C23H16F3N5O3. The first-order valence-electron chi connectivity index (χ1n) is 10.0. The molecule has 5 rings (SSSR count). The van der Waals surface area contributed by atoms with E-state index in [1.54, 1.807) is 13.2 Å². The number of hydrogen-bond acceptors (Lipinski definition) is 6. The predicted octanol–water partition coefficient (Wildman–Crippen LogP) is 4.31. The van der Waals surface area contributed by atoms with Gasteiger partial charge in [0.25, 0.3) is 5.56 Å².